The molecule has 0 radical (unpaired) electrons. The highest BCUT2D eigenvalue weighted by atomic mass is 19.4. The van der Waals surface area contributed by atoms with E-state index in [0.717, 1.165) is 12.1 Å². The Morgan fingerprint density at radius 3 is 2.33 bits per heavy atom. The SMILES string of the molecule is O=C(O)c1ccoc1COc1ccc(OC(F)(F)F)cc1. The summed E-state index contributed by atoms with van der Waals surface area (Å²) < 4.78 is 49.8. The van der Waals surface area contributed by atoms with Crippen molar-refractivity contribution in [3.05, 3.63) is 47.9 Å². The van der Waals surface area contributed by atoms with E-state index in [2.05, 4.69) is 4.74 Å². The second-order valence-electron chi connectivity index (χ2n) is 3.87. The molecular weight excluding hydrogens is 293 g/mol. The van der Waals surface area contributed by atoms with Gasteiger partial charge >= 0.3 is 12.3 Å². The average molecular weight is 302 g/mol. The third-order valence-electron chi connectivity index (χ3n) is 2.40. The van der Waals surface area contributed by atoms with Crippen molar-refractivity contribution in [2.24, 2.45) is 0 Å². The molecule has 0 aliphatic heterocycles. The first-order valence-corrected chi connectivity index (χ1v) is 5.63. The van der Waals surface area contributed by atoms with Crippen molar-refractivity contribution in [1.82, 2.24) is 0 Å². The number of hydrogen-bond acceptors (Lipinski definition) is 4. The summed E-state index contributed by atoms with van der Waals surface area (Å²) in [6, 6.07) is 5.99. The number of carboxylic acid groups (broad SMARTS) is 1. The lowest BCUT2D eigenvalue weighted by molar-refractivity contribution is -0.274. The summed E-state index contributed by atoms with van der Waals surface area (Å²) in [5.41, 5.74) is -0.0352. The molecule has 0 spiro atoms. The molecule has 0 bridgehead atoms. The molecule has 1 heterocycles. The van der Waals surface area contributed by atoms with E-state index in [1.165, 1.54) is 24.5 Å². The molecule has 1 aromatic heterocycles. The molecule has 0 unspecified atom stereocenters. The van der Waals surface area contributed by atoms with Crippen LogP contribution in [0.3, 0.4) is 0 Å². The van der Waals surface area contributed by atoms with E-state index in [0.29, 0.717) is 0 Å². The van der Waals surface area contributed by atoms with Gasteiger partial charge in [0.25, 0.3) is 0 Å². The van der Waals surface area contributed by atoms with Crippen molar-refractivity contribution in [2.75, 3.05) is 0 Å². The Labute approximate surface area is 116 Å². The summed E-state index contributed by atoms with van der Waals surface area (Å²) >= 11 is 0. The molecule has 0 aliphatic rings. The Hall–Kier alpha value is -2.64. The first-order chi connectivity index (χ1) is 9.85. The third-order valence-corrected chi connectivity index (χ3v) is 2.40. The maximum atomic E-state index is 12.0. The van der Waals surface area contributed by atoms with E-state index < -0.39 is 12.3 Å². The number of hydrogen-bond donors (Lipinski definition) is 1. The predicted molar refractivity (Wildman–Crippen MR) is 63.1 cm³/mol. The maximum Gasteiger partial charge on any atom is 0.573 e. The van der Waals surface area contributed by atoms with E-state index in [1.807, 2.05) is 0 Å². The van der Waals surface area contributed by atoms with Gasteiger partial charge in [-0.15, -0.1) is 13.2 Å². The Morgan fingerprint density at radius 1 is 1.14 bits per heavy atom. The first kappa shape index (κ1) is 14.8. The number of furan rings is 1. The summed E-state index contributed by atoms with van der Waals surface area (Å²) in [6.45, 7) is -0.159. The monoisotopic (exact) mass is 302 g/mol. The molecule has 1 aromatic carbocycles. The van der Waals surface area contributed by atoms with Crippen molar-refractivity contribution in [1.29, 1.82) is 0 Å². The summed E-state index contributed by atoms with van der Waals surface area (Å²) in [6.07, 6.45) is -3.55. The lowest BCUT2D eigenvalue weighted by Crippen LogP contribution is -2.16. The molecule has 5 nitrogen and oxygen atoms in total. The van der Waals surface area contributed by atoms with Gasteiger partial charge in [0.05, 0.1) is 6.26 Å². The molecule has 8 heteroatoms. The van der Waals surface area contributed by atoms with Gasteiger partial charge in [-0.3, -0.25) is 0 Å². The average Bonchev–Trinajstić information content (AvgIpc) is 2.84. The van der Waals surface area contributed by atoms with Gasteiger partial charge in [0.2, 0.25) is 0 Å². The molecule has 0 amide bonds. The molecule has 0 aliphatic carbocycles. The van der Waals surface area contributed by atoms with E-state index in [-0.39, 0.29) is 29.4 Å². The van der Waals surface area contributed by atoms with Crippen LogP contribution in [0.5, 0.6) is 11.5 Å². The Kier molecular flexibility index (Phi) is 4.06. The number of halogens is 3. The van der Waals surface area contributed by atoms with Crippen LogP contribution in [-0.2, 0) is 6.61 Å². The molecular formula is C13H9F3O5. The maximum absolute atomic E-state index is 12.0. The molecule has 0 saturated heterocycles. The van der Waals surface area contributed by atoms with E-state index >= 15 is 0 Å². The minimum atomic E-state index is -4.76. The standard InChI is InChI=1S/C13H9F3O5/c14-13(15,16)21-9-3-1-8(2-4-9)20-7-11-10(12(17)18)5-6-19-11/h1-6H,7H2,(H,17,18). The van der Waals surface area contributed by atoms with Crippen molar-refractivity contribution in [3.8, 4) is 11.5 Å². The van der Waals surface area contributed by atoms with Crippen molar-refractivity contribution in [3.63, 3.8) is 0 Å². The lowest BCUT2D eigenvalue weighted by atomic mass is 10.2. The normalized spacial score (nSPS) is 11.2. The van der Waals surface area contributed by atoms with Gasteiger partial charge in [-0.05, 0) is 30.3 Å². The van der Waals surface area contributed by atoms with Crippen LogP contribution < -0.4 is 9.47 Å². The van der Waals surface area contributed by atoms with Crippen LogP contribution in [-0.4, -0.2) is 17.4 Å². The summed E-state index contributed by atoms with van der Waals surface area (Å²) in [5.74, 6) is -1.18. The minimum absolute atomic E-state index is 0.0352. The van der Waals surface area contributed by atoms with Gasteiger partial charge < -0.3 is 19.0 Å². The molecule has 2 aromatic rings. The summed E-state index contributed by atoms with van der Waals surface area (Å²) in [7, 11) is 0. The van der Waals surface area contributed by atoms with Crippen LogP contribution >= 0.6 is 0 Å². The fourth-order valence-electron chi connectivity index (χ4n) is 1.53. The topological polar surface area (TPSA) is 68.9 Å². The number of aromatic carboxylic acids is 1. The molecule has 0 atom stereocenters. The highest BCUT2D eigenvalue weighted by Gasteiger charge is 2.30. The van der Waals surface area contributed by atoms with E-state index in [4.69, 9.17) is 14.3 Å². The largest absolute Gasteiger partial charge is 0.573 e. The van der Waals surface area contributed by atoms with Crippen LogP contribution in [0.15, 0.2) is 41.0 Å². The smallest absolute Gasteiger partial charge is 0.486 e. The van der Waals surface area contributed by atoms with Crippen LogP contribution in [0.4, 0.5) is 13.2 Å². The zero-order chi connectivity index (χ0) is 15.5. The first-order valence-electron chi connectivity index (χ1n) is 5.63. The van der Waals surface area contributed by atoms with Crippen molar-refractivity contribution in [2.45, 2.75) is 13.0 Å². The van der Waals surface area contributed by atoms with Gasteiger partial charge in [-0.1, -0.05) is 0 Å². The van der Waals surface area contributed by atoms with Gasteiger partial charge in [0, 0.05) is 0 Å². The number of benzene rings is 1. The van der Waals surface area contributed by atoms with Gasteiger partial charge in [0.1, 0.15) is 23.7 Å². The molecule has 0 saturated carbocycles. The fourth-order valence-corrected chi connectivity index (χ4v) is 1.53. The quantitative estimate of drug-likeness (QED) is 0.916. The molecule has 0 fully saturated rings. The highest BCUT2D eigenvalue weighted by Crippen LogP contribution is 2.25. The zero-order valence-corrected chi connectivity index (χ0v) is 10.4. The fraction of sp³-hybridized carbons (Fsp3) is 0.154. The molecule has 1 N–H and O–H groups in total. The Bertz CT molecular complexity index is 615. The van der Waals surface area contributed by atoms with Crippen molar-refractivity contribution < 1.29 is 37.0 Å². The summed E-state index contributed by atoms with van der Waals surface area (Å²) in [4.78, 5) is 10.8. The van der Waals surface area contributed by atoms with Crippen LogP contribution in [0.2, 0.25) is 0 Å². The summed E-state index contributed by atoms with van der Waals surface area (Å²) in [5, 5.41) is 8.86. The number of ether oxygens (including phenoxy) is 2. The second kappa shape index (κ2) is 5.78. The zero-order valence-electron chi connectivity index (χ0n) is 10.4. The van der Waals surface area contributed by atoms with Crippen LogP contribution in [0, 0.1) is 0 Å². The van der Waals surface area contributed by atoms with Gasteiger partial charge in [-0.2, -0.15) is 0 Å². The van der Waals surface area contributed by atoms with E-state index in [9.17, 15) is 18.0 Å². The van der Waals surface area contributed by atoms with E-state index in [1.54, 1.807) is 0 Å². The highest BCUT2D eigenvalue weighted by molar-refractivity contribution is 5.88. The third kappa shape index (κ3) is 4.16. The second-order valence-corrected chi connectivity index (χ2v) is 3.87. The number of carbonyl (C=O) groups is 1. The number of alkyl halides is 3. The van der Waals surface area contributed by atoms with Gasteiger partial charge in [0.15, 0.2) is 5.76 Å². The van der Waals surface area contributed by atoms with Crippen LogP contribution in [0.1, 0.15) is 16.1 Å². The Balaban J connectivity index is 1.98. The van der Waals surface area contributed by atoms with Crippen LogP contribution in [0.25, 0.3) is 0 Å². The molecule has 112 valence electrons. The molecule has 21 heavy (non-hydrogen) atoms. The minimum Gasteiger partial charge on any atom is -0.486 e. The Morgan fingerprint density at radius 2 is 1.76 bits per heavy atom. The van der Waals surface area contributed by atoms with Crippen molar-refractivity contribution >= 4 is 5.97 Å². The predicted octanol–water partition coefficient (Wildman–Crippen LogP) is 3.46. The number of rotatable bonds is 5. The lowest BCUT2D eigenvalue weighted by Gasteiger charge is -2.09. The molecule has 2 rings (SSSR count). The van der Waals surface area contributed by atoms with Gasteiger partial charge in [-0.25, -0.2) is 4.79 Å². The number of carboxylic acids is 1.